The molecule has 0 saturated carbocycles. The molecule has 0 spiro atoms. The van der Waals surface area contributed by atoms with E-state index in [1.807, 2.05) is 4.72 Å². The van der Waals surface area contributed by atoms with Gasteiger partial charge in [0.2, 0.25) is 15.8 Å². The minimum atomic E-state index is -3.81. The van der Waals surface area contributed by atoms with Crippen molar-refractivity contribution in [2.75, 3.05) is 16.2 Å². The van der Waals surface area contributed by atoms with Crippen LogP contribution in [0.1, 0.15) is 29.3 Å². The first-order valence-electron chi connectivity index (χ1n) is 7.99. The van der Waals surface area contributed by atoms with Gasteiger partial charge in [0.15, 0.2) is 5.82 Å². The lowest BCUT2D eigenvalue weighted by Gasteiger charge is -2.11. The molecule has 0 amide bonds. The van der Waals surface area contributed by atoms with E-state index in [1.54, 1.807) is 6.92 Å². The van der Waals surface area contributed by atoms with Crippen LogP contribution < -0.4 is 10.5 Å². The van der Waals surface area contributed by atoms with Crippen LogP contribution in [0.2, 0.25) is 0 Å². The summed E-state index contributed by atoms with van der Waals surface area (Å²) in [6, 6.07) is 3.22. The Morgan fingerprint density at radius 1 is 1.33 bits per heavy atom. The van der Waals surface area contributed by atoms with Crippen molar-refractivity contribution in [2.45, 2.75) is 13.3 Å². The number of hydrogen-bond acceptors (Lipinski definition) is 5. The van der Waals surface area contributed by atoms with Crippen molar-refractivity contribution in [1.29, 1.82) is 0 Å². The van der Waals surface area contributed by atoms with E-state index in [4.69, 9.17) is 5.73 Å². The fourth-order valence-corrected chi connectivity index (χ4v) is 3.80. The van der Waals surface area contributed by atoms with E-state index in [-0.39, 0.29) is 17.0 Å². The Morgan fingerprint density at radius 2 is 2.07 bits per heavy atom. The minimum absolute atomic E-state index is 0.0313. The summed E-state index contributed by atoms with van der Waals surface area (Å²) in [7, 11) is -3.81. The quantitative estimate of drug-likeness (QED) is 0.556. The highest BCUT2D eigenvalue weighted by molar-refractivity contribution is 7.92. The molecular formula is C17H16F2N4O3S. The third kappa shape index (κ3) is 3.61. The van der Waals surface area contributed by atoms with E-state index in [1.165, 1.54) is 18.5 Å². The van der Waals surface area contributed by atoms with E-state index in [2.05, 4.69) is 9.97 Å². The molecule has 4 N–H and O–H groups in total. The van der Waals surface area contributed by atoms with Gasteiger partial charge in [-0.15, -0.1) is 0 Å². The summed E-state index contributed by atoms with van der Waals surface area (Å²) >= 11 is 0. The summed E-state index contributed by atoms with van der Waals surface area (Å²) in [5, 5.41) is 0.302. The molecule has 2 aromatic heterocycles. The number of nitrogens with one attached hydrogen (secondary N) is 2. The van der Waals surface area contributed by atoms with Gasteiger partial charge in [0, 0.05) is 17.1 Å². The average Bonchev–Trinajstić information content (AvgIpc) is 3.00. The fraction of sp³-hybridized carbons (Fsp3) is 0.176. The van der Waals surface area contributed by atoms with Crippen molar-refractivity contribution < 1.29 is 22.0 Å². The number of nitrogens with two attached hydrogens (primary N) is 1. The number of ketones is 1. The third-order valence-electron chi connectivity index (χ3n) is 3.85. The van der Waals surface area contributed by atoms with Gasteiger partial charge < -0.3 is 10.7 Å². The lowest BCUT2D eigenvalue weighted by Crippen LogP contribution is -2.18. The van der Waals surface area contributed by atoms with Gasteiger partial charge in [0.05, 0.1) is 28.9 Å². The highest BCUT2D eigenvalue weighted by Crippen LogP contribution is 2.28. The average molecular weight is 394 g/mol. The number of hydrogen-bond donors (Lipinski definition) is 3. The zero-order valence-corrected chi connectivity index (χ0v) is 15.0. The highest BCUT2D eigenvalue weighted by atomic mass is 32.2. The molecule has 1 aromatic carbocycles. The van der Waals surface area contributed by atoms with E-state index in [0.29, 0.717) is 17.5 Å². The molecule has 3 aromatic rings. The topological polar surface area (TPSA) is 118 Å². The van der Waals surface area contributed by atoms with Crippen molar-refractivity contribution in [2.24, 2.45) is 0 Å². The Kier molecular flexibility index (Phi) is 4.83. The van der Waals surface area contributed by atoms with Crippen molar-refractivity contribution in [1.82, 2.24) is 9.97 Å². The van der Waals surface area contributed by atoms with Crippen molar-refractivity contribution >= 4 is 38.2 Å². The minimum Gasteiger partial charge on any atom is -0.397 e. The molecule has 2 heterocycles. The van der Waals surface area contributed by atoms with Crippen LogP contribution in [0.15, 0.2) is 30.6 Å². The molecule has 27 heavy (non-hydrogen) atoms. The van der Waals surface area contributed by atoms with Crippen molar-refractivity contribution in [3.63, 3.8) is 0 Å². The van der Waals surface area contributed by atoms with E-state index < -0.39 is 38.7 Å². The third-order valence-corrected chi connectivity index (χ3v) is 5.33. The molecule has 0 unspecified atom stereocenters. The number of carbonyl (C=O) groups is 1. The monoisotopic (exact) mass is 394 g/mol. The zero-order valence-electron chi connectivity index (χ0n) is 14.2. The molecule has 0 atom stereocenters. The second-order valence-corrected chi connectivity index (χ2v) is 7.74. The van der Waals surface area contributed by atoms with Gasteiger partial charge >= 0.3 is 0 Å². The number of benzene rings is 1. The summed E-state index contributed by atoms with van der Waals surface area (Å²) in [5.41, 5.74) is 4.87. The first-order valence-corrected chi connectivity index (χ1v) is 9.64. The predicted molar refractivity (Wildman–Crippen MR) is 98.0 cm³/mol. The standard InChI is InChI=1S/C17H16F2N4O3S/c1-2-5-27(25,26)23-13-4-3-12(18)14(15(13)19)16(24)11-8-22-17-10(11)6-9(20)7-21-17/h3-4,6-8,23H,2,5,20H2,1H3,(H,21,22). The molecule has 0 radical (unpaired) electrons. The van der Waals surface area contributed by atoms with E-state index >= 15 is 0 Å². The maximum absolute atomic E-state index is 14.8. The lowest BCUT2D eigenvalue weighted by molar-refractivity contribution is 0.103. The number of rotatable bonds is 6. The van der Waals surface area contributed by atoms with Gasteiger partial charge in [-0.25, -0.2) is 22.2 Å². The largest absolute Gasteiger partial charge is 0.397 e. The first-order chi connectivity index (χ1) is 12.7. The molecule has 7 nitrogen and oxygen atoms in total. The number of nitrogens with zero attached hydrogens (tertiary/aromatic N) is 1. The number of aromatic amines is 1. The molecule has 0 saturated heterocycles. The van der Waals surface area contributed by atoms with Gasteiger partial charge in [-0.3, -0.25) is 9.52 Å². The zero-order chi connectivity index (χ0) is 19.8. The SMILES string of the molecule is CCCS(=O)(=O)Nc1ccc(F)c(C(=O)c2c[nH]c3ncc(N)cc23)c1F. The Morgan fingerprint density at radius 3 is 2.78 bits per heavy atom. The van der Waals surface area contributed by atoms with Crippen LogP contribution in [0.3, 0.4) is 0 Å². The number of sulfonamides is 1. The number of anilines is 2. The smallest absolute Gasteiger partial charge is 0.232 e. The molecule has 0 aliphatic rings. The molecule has 3 rings (SSSR count). The Balaban J connectivity index is 2.09. The summed E-state index contributed by atoms with van der Waals surface area (Å²) < 4.78 is 54.8. The predicted octanol–water partition coefficient (Wildman–Crippen LogP) is 2.81. The highest BCUT2D eigenvalue weighted by Gasteiger charge is 2.25. The van der Waals surface area contributed by atoms with Crippen LogP contribution in [0.4, 0.5) is 20.2 Å². The normalized spacial score (nSPS) is 11.7. The number of H-pyrrole nitrogens is 1. The van der Waals surface area contributed by atoms with Crippen molar-refractivity contribution in [3.8, 4) is 0 Å². The van der Waals surface area contributed by atoms with Gasteiger partial charge in [-0.1, -0.05) is 6.92 Å². The lowest BCUT2D eigenvalue weighted by atomic mass is 10.0. The molecule has 0 aliphatic carbocycles. The number of nitrogen functional groups attached to an aromatic ring is 1. The number of halogens is 2. The van der Waals surface area contributed by atoms with Crippen LogP contribution in [-0.2, 0) is 10.0 Å². The molecule has 10 heteroatoms. The van der Waals surface area contributed by atoms with Crippen LogP contribution in [-0.4, -0.2) is 29.9 Å². The van der Waals surface area contributed by atoms with Crippen LogP contribution in [0.25, 0.3) is 11.0 Å². The second-order valence-electron chi connectivity index (χ2n) is 5.90. The van der Waals surface area contributed by atoms with Crippen molar-refractivity contribution in [3.05, 3.63) is 53.4 Å². The number of pyridine rings is 1. The maximum atomic E-state index is 14.8. The Bertz CT molecular complexity index is 1140. The van der Waals surface area contributed by atoms with Crippen LogP contribution in [0.5, 0.6) is 0 Å². The van der Waals surface area contributed by atoms with Gasteiger partial charge in [0.1, 0.15) is 11.5 Å². The van der Waals surface area contributed by atoms with Gasteiger partial charge in [-0.2, -0.15) is 0 Å². The number of carbonyl (C=O) groups excluding carboxylic acids is 1. The van der Waals surface area contributed by atoms with E-state index in [0.717, 1.165) is 12.1 Å². The summed E-state index contributed by atoms with van der Waals surface area (Å²) in [6.07, 6.45) is 2.96. The van der Waals surface area contributed by atoms with Crippen LogP contribution >= 0.6 is 0 Å². The van der Waals surface area contributed by atoms with Gasteiger partial charge in [0.25, 0.3) is 0 Å². The summed E-state index contributed by atoms with van der Waals surface area (Å²) in [4.78, 5) is 19.5. The van der Waals surface area contributed by atoms with Gasteiger partial charge in [-0.05, 0) is 24.6 Å². The van der Waals surface area contributed by atoms with E-state index in [9.17, 15) is 22.0 Å². The number of fused-ring (bicyclic) bond motifs is 1. The summed E-state index contributed by atoms with van der Waals surface area (Å²) in [6.45, 7) is 1.64. The fourth-order valence-electron chi connectivity index (χ4n) is 2.67. The molecule has 0 aliphatic heterocycles. The summed E-state index contributed by atoms with van der Waals surface area (Å²) in [5.74, 6) is -3.59. The maximum Gasteiger partial charge on any atom is 0.232 e. The first kappa shape index (κ1) is 18.8. The number of aromatic nitrogens is 2. The second kappa shape index (κ2) is 6.95. The molecular weight excluding hydrogens is 378 g/mol. The van der Waals surface area contributed by atoms with Crippen LogP contribution in [0, 0.1) is 11.6 Å². The molecule has 142 valence electrons. The Labute approximate surface area is 153 Å². The molecule has 0 bridgehead atoms. The molecule has 0 fully saturated rings. The Hall–Kier alpha value is -3.01.